The number of anilines is 1. The minimum absolute atomic E-state index is 0.0629. The lowest BCUT2D eigenvalue weighted by molar-refractivity contribution is -0.133. The molecule has 1 aliphatic heterocycles. The normalized spacial score (nSPS) is 13.9. The number of urea groups is 1. The van der Waals surface area contributed by atoms with Crippen LogP contribution < -0.4 is 14.8 Å². The second-order valence-electron chi connectivity index (χ2n) is 9.23. The highest BCUT2D eigenvalue weighted by molar-refractivity contribution is 7.10. The van der Waals surface area contributed by atoms with E-state index in [0.29, 0.717) is 42.7 Å². The highest BCUT2D eigenvalue weighted by atomic mass is 32.1. The monoisotopic (exact) mass is 509 g/mol. The van der Waals surface area contributed by atoms with Crippen molar-refractivity contribution in [3.63, 3.8) is 0 Å². The fourth-order valence-electron chi connectivity index (χ4n) is 4.09. The first-order valence-electron chi connectivity index (χ1n) is 12.0. The minimum atomic E-state index is -0.432. The maximum atomic E-state index is 13.6. The number of thiophene rings is 1. The van der Waals surface area contributed by atoms with Gasteiger partial charge in [0.1, 0.15) is 12.4 Å². The molecule has 5 rings (SSSR count). The number of carbonyl (C=O) groups excluding carboxylic acids is 2. The van der Waals surface area contributed by atoms with E-state index in [0.717, 1.165) is 28.8 Å². The van der Waals surface area contributed by atoms with Crippen molar-refractivity contribution in [2.24, 2.45) is 5.92 Å². The summed E-state index contributed by atoms with van der Waals surface area (Å²) in [6, 6.07) is 13.0. The van der Waals surface area contributed by atoms with Gasteiger partial charge in [-0.1, -0.05) is 12.1 Å². The Morgan fingerprint density at radius 3 is 2.64 bits per heavy atom. The van der Waals surface area contributed by atoms with E-state index in [1.807, 2.05) is 36.6 Å². The number of fused-ring (bicyclic) bond motifs is 1. The number of amides is 3. The van der Waals surface area contributed by atoms with Crippen LogP contribution in [0.4, 0.5) is 14.9 Å². The van der Waals surface area contributed by atoms with Crippen LogP contribution in [0.15, 0.2) is 53.9 Å². The maximum Gasteiger partial charge on any atom is 0.322 e. The molecule has 2 aromatic carbocycles. The Morgan fingerprint density at radius 1 is 1.06 bits per heavy atom. The molecule has 0 saturated heterocycles. The van der Waals surface area contributed by atoms with E-state index in [9.17, 15) is 14.0 Å². The predicted molar refractivity (Wildman–Crippen MR) is 136 cm³/mol. The number of ether oxygens (including phenoxy) is 2. The van der Waals surface area contributed by atoms with Gasteiger partial charge in [0.15, 0.2) is 11.5 Å². The largest absolute Gasteiger partial charge is 0.454 e. The first-order chi connectivity index (χ1) is 17.4. The number of nitrogens with zero attached hydrogens (tertiary/aromatic N) is 2. The van der Waals surface area contributed by atoms with E-state index in [1.165, 1.54) is 18.2 Å². The molecule has 7 nitrogen and oxygen atoms in total. The lowest BCUT2D eigenvalue weighted by Crippen LogP contribution is -2.45. The van der Waals surface area contributed by atoms with Gasteiger partial charge >= 0.3 is 6.03 Å². The Kier molecular flexibility index (Phi) is 7.09. The van der Waals surface area contributed by atoms with Crippen LogP contribution in [-0.4, -0.2) is 41.6 Å². The number of aryl methyl sites for hydroxylation is 1. The number of rotatable bonds is 9. The van der Waals surface area contributed by atoms with Gasteiger partial charge in [-0.15, -0.1) is 11.3 Å². The number of carbonyl (C=O) groups is 2. The second-order valence-corrected chi connectivity index (χ2v) is 10.2. The summed E-state index contributed by atoms with van der Waals surface area (Å²) in [6.07, 6.45) is 2.07. The molecule has 1 N–H and O–H groups in total. The van der Waals surface area contributed by atoms with Crippen molar-refractivity contribution in [1.29, 1.82) is 0 Å². The summed E-state index contributed by atoms with van der Waals surface area (Å²) in [5, 5.41) is 4.75. The average molecular weight is 510 g/mol. The third-order valence-electron chi connectivity index (χ3n) is 6.33. The average Bonchev–Trinajstić information content (AvgIpc) is 3.39. The Labute approximate surface area is 213 Å². The molecule has 0 spiro atoms. The molecular formula is C27H28FN3O4S. The molecule has 3 aromatic rings. The van der Waals surface area contributed by atoms with Crippen LogP contribution in [0.3, 0.4) is 0 Å². The molecule has 3 amide bonds. The summed E-state index contributed by atoms with van der Waals surface area (Å²) in [6.45, 7) is 3.46. The molecule has 188 valence electrons. The maximum absolute atomic E-state index is 13.6. The molecular weight excluding hydrogens is 481 g/mol. The van der Waals surface area contributed by atoms with Crippen LogP contribution in [-0.2, 0) is 17.9 Å². The number of benzene rings is 2. The van der Waals surface area contributed by atoms with Crippen molar-refractivity contribution in [3.8, 4) is 11.5 Å². The predicted octanol–water partition coefficient (Wildman–Crippen LogP) is 5.40. The topological polar surface area (TPSA) is 71.1 Å². The summed E-state index contributed by atoms with van der Waals surface area (Å²) >= 11 is 1.61. The summed E-state index contributed by atoms with van der Waals surface area (Å²) in [5.41, 5.74) is 2.40. The van der Waals surface area contributed by atoms with Gasteiger partial charge in [0.2, 0.25) is 12.7 Å². The Balaban J connectivity index is 1.33. The molecule has 0 bridgehead atoms. The molecule has 1 aliphatic carbocycles. The summed E-state index contributed by atoms with van der Waals surface area (Å²) in [4.78, 5) is 31.1. The fourth-order valence-corrected chi connectivity index (χ4v) is 5.02. The molecule has 1 saturated carbocycles. The van der Waals surface area contributed by atoms with Crippen molar-refractivity contribution < 1.29 is 23.5 Å². The van der Waals surface area contributed by atoms with E-state index in [-0.39, 0.29) is 19.2 Å². The zero-order chi connectivity index (χ0) is 25.1. The van der Waals surface area contributed by atoms with Gasteiger partial charge < -0.3 is 24.6 Å². The van der Waals surface area contributed by atoms with Gasteiger partial charge in [0.05, 0.1) is 6.54 Å². The van der Waals surface area contributed by atoms with E-state index in [1.54, 1.807) is 27.2 Å². The van der Waals surface area contributed by atoms with E-state index in [2.05, 4.69) is 5.32 Å². The first kappa shape index (κ1) is 24.1. The summed E-state index contributed by atoms with van der Waals surface area (Å²) in [5.74, 6) is 1.15. The molecule has 9 heteroatoms. The Hall–Kier alpha value is -3.59. The smallest absolute Gasteiger partial charge is 0.322 e. The van der Waals surface area contributed by atoms with E-state index < -0.39 is 11.8 Å². The van der Waals surface area contributed by atoms with Gasteiger partial charge in [0, 0.05) is 23.7 Å². The zero-order valence-electron chi connectivity index (χ0n) is 20.0. The molecule has 0 radical (unpaired) electrons. The molecule has 0 unspecified atom stereocenters. The van der Waals surface area contributed by atoms with Gasteiger partial charge in [-0.2, -0.15) is 0 Å². The van der Waals surface area contributed by atoms with Gasteiger partial charge in [0.25, 0.3) is 0 Å². The zero-order valence-corrected chi connectivity index (χ0v) is 20.9. The highest BCUT2D eigenvalue weighted by Crippen LogP contribution is 2.33. The Morgan fingerprint density at radius 2 is 1.89 bits per heavy atom. The quantitative estimate of drug-likeness (QED) is 0.420. The Bertz CT molecular complexity index is 1260. The molecule has 1 fully saturated rings. The van der Waals surface area contributed by atoms with E-state index in [4.69, 9.17) is 9.47 Å². The van der Waals surface area contributed by atoms with Crippen LogP contribution in [0.5, 0.6) is 11.5 Å². The van der Waals surface area contributed by atoms with Crippen molar-refractivity contribution in [2.75, 3.05) is 25.2 Å². The summed E-state index contributed by atoms with van der Waals surface area (Å²) in [7, 11) is 0. The minimum Gasteiger partial charge on any atom is -0.454 e. The van der Waals surface area contributed by atoms with Crippen molar-refractivity contribution in [2.45, 2.75) is 32.9 Å². The van der Waals surface area contributed by atoms with Crippen LogP contribution in [0, 0.1) is 18.7 Å². The lowest BCUT2D eigenvalue weighted by atomic mass is 10.1. The second kappa shape index (κ2) is 10.6. The van der Waals surface area contributed by atoms with Crippen molar-refractivity contribution in [3.05, 3.63) is 75.7 Å². The first-order valence-corrected chi connectivity index (χ1v) is 12.8. The van der Waals surface area contributed by atoms with Crippen LogP contribution >= 0.6 is 11.3 Å². The third kappa shape index (κ3) is 5.96. The third-order valence-corrected chi connectivity index (χ3v) is 7.34. The van der Waals surface area contributed by atoms with Crippen LogP contribution in [0.1, 0.15) is 28.8 Å². The summed E-state index contributed by atoms with van der Waals surface area (Å²) < 4.78 is 24.5. The van der Waals surface area contributed by atoms with Gasteiger partial charge in [-0.05, 0) is 78.6 Å². The molecule has 2 heterocycles. The van der Waals surface area contributed by atoms with Crippen molar-refractivity contribution in [1.82, 2.24) is 9.80 Å². The number of hydrogen-bond donors (Lipinski definition) is 1. The van der Waals surface area contributed by atoms with Gasteiger partial charge in [-0.3, -0.25) is 4.79 Å². The van der Waals surface area contributed by atoms with Crippen molar-refractivity contribution >= 4 is 29.0 Å². The molecule has 0 atom stereocenters. The lowest BCUT2D eigenvalue weighted by Gasteiger charge is -2.28. The number of halogens is 1. The van der Waals surface area contributed by atoms with E-state index >= 15 is 0 Å². The SMILES string of the molecule is Cc1ccsc1CN(Cc1ccc2c(c1)OCO2)C(=O)CN(CC1CC1)C(=O)Nc1cccc(F)c1. The van der Waals surface area contributed by atoms with Crippen LogP contribution in [0.25, 0.3) is 0 Å². The highest BCUT2D eigenvalue weighted by Gasteiger charge is 2.30. The fraction of sp³-hybridized carbons (Fsp3) is 0.333. The number of hydrogen-bond acceptors (Lipinski definition) is 5. The molecule has 36 heavy (non-hydrogen) atoms. The number of nitrogens with one attached hydrogen (secondary N) is 1. The molecule has 2 aliphatic rings. The molecule has 1 aromatic heterocycles. The van der Waals surface area contributed by atoms with Crippen LogP contribution in [0.2, 0.25) is 0 Å². The standard InChI is InChI=1S/C27H28FN3O4S/c1-18-9-10-36-25(18)15-30(14-20-7-8-23-24(11-20)35-17-34-23)26(32)16-31(13-19-5-6-19)27(33)29-22-4-2-3-21(28)12-22/h2-4,7-12,19H,5-6,13-17H2,1H3,(H,29,33). The van der Waals surface area contributed by atoms with Gasteiger partial charge in [-0.25, -0.2) is 9.18 Å².